The van der Waals surface area contributed by atoms with Crippen LogP contribution >= 0.6 is 0 Å². The van der Waals surface area contributed by atoms with Crippen molar-refractivity contribution in [3.8, 4) is 0 Å². The Kier molecular flexibility index (Phi) is 3.62. The third kappa shape index (κ3) is 2.87. The van der Waals surface area contributed by atoms with Crippen LogP contribution in [0.2, 0.25) is 0 Å². The van der Waals surface area contributed by atoms with Gasteiger partial charge < -0.3 is 10.6 Å². The normalized spacial score (nSPS) is 17.7. The Morgan fingerprint density at radius 1 is 1.30 bits per heavy atom. The van der Waals surface area contributed by atoms with Crippen molar-refractivity contribution in [3.63, 3.8) is 0 Å². The average molecular weight is 299 g/mol. The summed E-state index contributed by atoms with van der Waals surface area (Å²) in [4.78, 5) is 23.6. The molecule has 0 aromatic heterocycles. The molecular weight excluding hydrogens is 286 g/mol. The van der Waals surface area contributed by atoms with Gasteiger partial charge in [0.2, 0.25) is 0 Å². The van der Waals surface area contributed by atoms with Crippen LogP contribution in [0.4, 0.5) is 11.4 Å². The Hall–Kier alpha value is -2.16. The van der Waals surface area contributed by atoms with Crippen LogP contribution in [-0.2, 0) is 9.84 Å². The lowest BCUT2D eigenvalue weighted by atomic mass is 10.1. The van der Waals surface area contributed by atoms with E-state index >= 15 is 0 Å². The Morgan fingerprint density at radius 2 is 1.90 bits per heavy atom. The van der Waals surface area contributed by atoms with E-state index in [1.165, 1.54) is 23.1 Å². The van der Waals surface area contributed by atoms with E-state index in [1.54, 1.807) is 0 Å². The number of anilines is 1. The van der Waals surface area contributed by atoms with E-state index in [0.717, 1.165) is 0 Å². The zero-order valence-electron chi connectivity index (χ0n) is 10.5. The smallest absolute Gasteiger partial charge is 0.292 e. The molecule has 1 aromatic carbocycles. The highest BCUT2D eigenvalue weighted by atomic mass is 32.2. The van der Waals surface area contributed by atoms with Crippen LogP contribution in [0.15, 0.2) is 18.2 Å². The summed E-state index contributed by atoms with van der Waals surface area (Å²) in [6.45, 7) is 0.246. The molecule has 2 N–H and O–H groups in total. The highest BCUT2D eigenvalue weighted by Gasteiger charge is 2.26. The summed E-state index contributed by atoms with van der Waals surface area (Å²) in [5.41, 5.74) is 5.39. The van der Waals surface area contributed by atoms with Crippen molar-refractivity contribution in [1.82, 2.24) is 4.90 Å². The van der Waals surface area contributed by atoms with Crippen molar-refractivity contribution in [2.24, 2.45) is 0 Å². The Morgan fingerprint density at radius 3 is 2.40 bits per heavy atom. The summed E-state index contributed by atoms with van der Waals surface area (Å²) < 4.78 is 22.6. The van der Waals surface area contributed by atoms with Crippen LogP contribution in [0.1, 0.15) is 10.4 Å². The molecule has 1 aliphatic heterocycles. The lowest BCUT2D eigenvalue weighted by Crippen LogP contribution is -2.43. The molecule has 9 heteroatoms. The zero-order chi connectivity index (χ0) is 14.9. The fourth-order valence-corrected chi connectivity index (χ4v) is 3.15. The predicted molar refractivity (Wildman–Crippen MR) is 72.1 cm³/mol. The van der Waals surface area contributed by atoms with Crippen LogP contribution in [0.5, 0.6) is 0 Å². The van der Waals surface area contributed by atoms with Crippen molar-refractivity contribution in [1.29, 1.82) is 0 Å². The molecule has 0 aliphatic carbocycles. The van der Waals surface area contributed by atoms with Crippen LogP contribution < -0.4 is 5.73 Å². The number of nitrogens with two attached hydrogens (primary N) is 1. The van der Waals surface area contributed by atoms with E-state index in [0.29, 0.717) is 0 Å². The Labute approximate surface area is 115 Å². The van der Waals surface area contributed by atoms with Crippen molar-refractivity contribution < 1.29 is 18.1 Å². The first kappa shape index (κ1) is 14.3. The number of nitro benzene ring substituents is 1. The third-order valence-corrected chi connectivity index (χ3v) is 4.71. The lowest BCUT2D eigenvalue weighted by molar-refractivity contribution is -0.383. The van der Waals surface area contributed by atoms with Crippen LogP contribution in [-0.4, -0.2) is 48.7 Å². The van der Waals surface area contributed by atoms with Crippen LogP contribution in [0.25, 0.3) is 0 Å². The van der Waals surface area contributed by atoms with E-state index in [4.69, 9.17) is 5.73 Å². The number of amides is 1. The summed E-state index contributed by atoms with van der Waals surface area (Å²) in [6, 6.07) is 3.73. The first-order chi connectivity index (χ1) is 9.30. The largest absolute Gasteiger partial charge is 0.393 e. The molecule has 0 bridgehead atoms. The molecule has 0 unspecified atom stereocenters. The van der Waals surface area contributed by atoms with Gasteiger partial charge >= 0.3 is 0 Å². The van der Waals surface area contributed by atoms with Gasteiger partial charge in [-0.1, -0.05) is 0 Å². The zero-order valence-corrected chi connectivity index (χ0v) is 11.3. The molecule has 0 radical (unpaired) electrons. The second-order valence-corrected chi connectivity index (χ2v) is 6.78. The van der Waals surface area contributed by atoms with Crippen LogP contribution in [0, 0.1) is 10.1 Å². The van der Waals surface area contributed by atoms with Gasteiger partial charge in [0.1, 0.15) is 5.69 Å². The topological polar surface area (TPSA) is 124 Å². The first-order valence-corrected chi connectivity index (χ1v) is 7.66. The molecule has 8 nitrogen and oxygen atoms in total. The van der Waals surface area contributed by atoms with E-state index in [2.05, 4.69) is 0 Å². The summed E-state index contributed by atoms with van der Waals surface area (Å²) in [5, 5.41) is 10.6. The minimum Gasteiger partial charge on any atom is -0.393 e. The van der Waals surface area contributed by atoms with E-state index in [1.807, 2.05) is 0 Å². The molecule has 20 heavy (non-hydrogen) atoms. The quantitative estimate of drug-likeness (QED) is 0.467. The fourth-order valence-electron chi connectivity index (χ4n) is 1.95. The van der Waals surface area contributed by atoms with Gasteiger partial charge in [0.05, 0.1) is 16.4 Å². The number of hydrogen-bond acceptors (Lipinski definition) is 6. The van der Waals surface area contributed by atoms with E-state index in [-0.39, 0.29) is 47.4 Å². The molecule has 0 spiro atoms. The number of carbonyl (C=O) groups excluding carboxylic acids is 1. The molecule has 1 aliphatic rings. The van der Waals surface area contributed by atoms with Gasteiger partial charge in [0, 0.05) is 24.7 Å². The molecular formula is C11H13N3O5S. The summed E-state index contributed by atoms with van der Waals surface area (Å²) >= 11 is 0. The highest BCUT2D eigenvalue weighted by molar-refractivity contribution is 7.91. The number of benzene rings is 1. The second kappa shape index (κ2) is 5.08. The number of nitrogen functional groups attached to an aromatic ring is 1. The van der Waals surface area contributed by atoms with Gasteiger partial charge in [-0.25, -0.2) is 8.42 Å². The number of nitro groups is 1. The first-order valence-electron chi connectivity index (χ1n) is 5.84. The standard InChI is InChI=1S/C11H13N3O5S/c12-9-7-8(1-2-10(9)14(16)17)11(15)13-3-5-20(18,19)6-4-13/h1-2,7H,3-6,12H2. The molecule has 0 atom stereocenters. The van der Waals surface area contributed by atoms with E-state index in [9.17, 15) is 23.3 Å². The van der Waals surface area contributed by atoms with Crippen molar-refractivity contribution in [2.75, 3.05) is 30.3 Å². The maximum absolute atomic E-state index is 12.1. The number of sulfone groups is 1. The van der Waals surface area contributed by atoms with Crippen molar-refractivity contribution >= 4 is 27.1 Å². The van der Waals surface area contributed by atoms with Gasteiger partial charge in [0.25, 0.3) is 11.6 Å². The minimum atomic E-state index is -3.07. The van der Waals surface area contributed by atoms with Gasteiger partial charge in [-0.3, -0.25) is 14.9 Å². The summed E-state index contributed by atoms with van der Waals surface area (Å²) in [6.07, 6.45) is 0. The average Bonchev–Trinajstić information content (AvgIpc) is 2.37. The Bertz CT molecular complexity index is 657. The van der Waals surface area contributed by atoms with Gasteiger partial charge in [-0.15, -0.1) is 0 Å². The molecule has 0 saturated carbocycles. The van der Waals surface area contributed by atoms with E-state index < -0.39 is 14.8 Å². The number of carbonyl (C=O) groups is 1. The number of rotatable bonds is 2. The predicted octanol–water partition coefficient (Wildman–Crippen LogP) is 0.0476. The maximum Gasteiger partial charge on any atom is 0.292 e. The molecule has 1 aromatic rings. The fraction of sp³-hybridized carbons (Fsp3) is 0.364. The molecule has 108 valence electrons. The molecule has 1 amide bonds. The van der Waals surface area contributed by atoms with Crippen molar-refractivity contribution in [3.05, 3.63) is 33.9 Å². The third-order valence-electron chi connectivity index (χ3n) is 3.10. The molecule has 1 fully saturated rings. The molecule has 2 rings (SSSR count). The second-order valence-electron chi connectivity index (χ2n) is 4.47. The number of nitrogens with zero attached hydrogens (tertiary/aromatic N) is 2. The Balaban J connectivity index is 2.18. The summed E-state index contributed by atoms with van der Waals surface area (Å²) in [7, 11) is -3.07. The van der Waals surface area contributed by atoms with Crippen LogP contribution in [0.3, 0.4) is 0 Å². The van der Waals surface area contributed by atoms with Crippen molar-refractivity contribution in [2.45, 2.75) is 0 Å². The minimum absolute atomic E-state index is 0.0683. The van der Waals surface area contributed by atoms with Gasteiger partial charge in [0.15, 0.2) is 9.84 Å². The maximum atomic E-state index is 12.1. The molecule has 1 saturated heterocycles. The van der Waals surface area contributed by atoms with Gasteiger partial charge in [-0.2, -0.15) is 0 Å². The monoisotopic (exact) mass is 299 g/mol. The molecule has 1 heterocycles. The van der Waals surface area contributed by atoms with Gasteiger partial charge in [-0.05, 0) is 12.1 Å². The highest BCUT2D eigenvalue weighted by Crippen LogP contribution is 2.23. The lowest BCUT2D eigenvalue weighted by Gasteiger charge is -2.26. The summed E-state index contributed by atoms with van der Waals surface area (Å²) in [5.74, 6) is -0.510. The number of hydrogen-bond donors (Lipinski definition) is 1. The SMILES string of the molecule is Nc1cc(C(=O)N2CCS(=O)(=O)CC2)ccc1[N+](=O)[O-].